The van der Waals surface area contributed by atoms with Crippen LogP contribution in [-0.4, -0.2) is 20.2 Å². The minimum Gasteiger partial charge on any atom is -0.494 e. The van der Waals surface area contributed by atoms with E-state index in [1.165, 1.54) is 19.2 Å². The Bertz CT molecular complexity index is 353. The molecule has 0 unspecified atom stereocenters. The molecule has 0 saturated heterocycles. The number of likely N-dealkylation sites (N-methyl/N-ethyl adjacent to an activating group) is 1. The standard InChI is InChI=1S/C12H17F2NO/c1-4-16-11-6-5-10(7-9(11)2)12(13,14)8-15-3/h5-7,15H,4,8H2,1-3H3. The number of benzene rings is 1. The first kappa shape index (κ1) is 12.9. The lowest BCUT2D eigenvalue weighted by Gasteiger charge is -2.17. The summed E-state index contributed by atoms with van der Waals surface area (Å²) in [4.78, 5) is 0. The van der Waals surface area contributed by atoms with E-state index in [4.69, 9.17) is 4.74 Å². The molecule has 1 rings (SSSR count). The van der Waals surface area contributed by atoms with Crippen LogP contribution in [0.2, 0.25) is 0 Å². The van der Waals surface area contributed by atoms with Crippen LogP contribution in [0, 0.1) is 6.92 Å². The highest BCUT2D eigenvalue weighted by atomic mass is 19.3. The van der Waals surface area contributed by atoms with Crippen molar-refractivity contribution in [3.05, 3.63) is 29.3 Å². The predicted molar refractivity (Wildman–Crippen MR) is 60.2 cm³/mol. The second-order valence-electron chi connectivity index (χ2n) is 3.65. The van der Waals surface area contributed by atoms with Gasteiger partial charge in [-0.15, -0.1) is 0 Å². The summed E-state index contributed by atoms with van der Waals surface area (Å²) < 4.78 is 32.4. The number of halogens is 2. The molecule has 0 heterocycles. The zero-order valence-corrected chi connectivity index (χ0v) is 9.81. The first-order valence-corrected chi connectivity index (χ1v) is 5.27. The molecule has 0 radical (unpaired) electrons. The third kappa shape index (κ3) is 2.92. The fraction of sp³-hybridized carbons (Fsp3) is 0.500. The van der Waals surface area contributed by atoms with Crippen molar-refractivity contribution in [1.29, 1.82) is 0 Å². The zero-order chi connectivity index (χ0) is 12.2. The molecule has 0 spiro atoms. The molecule has 0 amide bonds. The van der Waals surface area contributed by atoms with Crippen LogP contribution in [0.25, 0.3) is 0 Å². The van der Waals surface area contributed by atoms with Crippen LogP contribution in [0.4, 0.5) is 8.78 Å². The topological polar surface area (TPSA) is 21.3 Å². The van der Waals surface area contributed by atoms with Gasteiger partial charge in [-0.05, 0) is 44.7 Å². The molecule has 1 aromatic carbocycles. The van der Waals surface area contributed by atoms with Crippen LogP contribution in [-0.2, 0) is 5.92 Å². The molecule has 16 heavy (non-hydrogen) atoms. The van der Waals surface area contributed by atoms with Gasteiger partial charge in [-0.2, -0.15) is 8.78 Å². The Morgan fingerprint density at radius 3 is 2.56 bits per heavy atom. The molecule has 2 nitrogen and oxygen atoms in total. The normalized spacial score (nSPS) is 11.6. The van der Waals surface area contributed by atoms with Crippen molar-refractivity contribution < 1.29 is 13.5 Å². The number of hydrogen-bond donors (Lipinski definition) is 1. The van der Waals surface area contributed by atoms with Crippen LogP contribution in [0.15, 0.2) is 18.2 Å². The van der Waals surface area contributed by atoms with Crippen molar-refractivity contribution in [3.8, 4) is 5.75 Å². The SMILES string of the molecule is CCOc1ccc(C(F)(F)CNC)cc1C. The molecular weight excluding hydrogens is 212 g/mol. The summed E-state index contributed by atoms with van der Waals surface area (Å²) in [6.45, 7) is 3.81. The van der Waals surface area contributed by atoms with E-state index in [-0.39, 0.29) is 12.1 Å². The number of nitrogens with one attached hydrogen (secondary N) is 1. The predicted octanol–water partition coefficient (Wildman–Crippen LogP) is 2.70. The monoisotopic (exact) mass is 229 g/mol. The average molecular weight is 229 g/mol. The van der Waals surface area contributed by atoms with Crippen LogP contribution in [0.5, 0.6) is 5.75 Å². The fourth-order valence-electron chi connectivity index (χ4n) is 1.52. The largest absolute Gasteiger partial charge is 0.494 e. The van der Waals surface area contributed by atoms with Crippen molar-refractivity contribution >= 4 is 0 Å². The highest BCUT2D eigenvalue weighted by Gasteiger charge is 2.30. The first-order chi connectivity index (χ1) is 7.51. The summed E-state index contributed by atoms with van der Waals surface area (Å²) in [5.74, 6) is -2.18. The van der Waals surface area contributed by atoms with Gasteiger partial charge >= 0.3 is 0 Å². The van der Waals surface area contributed by atoms with Gasteiger partial charge in [-0.25, -0.2) is 0 Å². The van der Waals surface area contributed by atoms with Gasteiger partial charge in [0.2, 0.25) is 0 Å². The number of rotatable bonds is 5. The molecule has 0 aliphatic carbocycles. The number of ether oxygens (including phenoxy) is 1. The van der Waals surface area contributed by atoms with Gasteiger partial charge in [0.05, 0.1) is 13.2 Å². The van der Waals surface area contributed by atoms with Gasteiger partial charge < -0.3 is 10.1 Å². The summed E-state index contributed by atoms with van der Waals surface area (Å²) in [5.41, 5.74) is 0.748. The second-order valence-corrected chi connectivity index (χ2v) is 3.65. The summed E-state index contributed by atoms with van der Waals surface area (Å²) in [7, 11) is 1.51. The van der Waals surface area contributed by atoms with Gasteiger partial charge in [0.15, 0.2) is 0 Å². The van der Waals surface area contributed by atoms with Gasteiger partial charge in [0, 0.05) is 5.56 Å². The van der Waals surface area contributed by atoms with E-state index in [1.807, 2.05) is 6.92 Å². The highest BCUT2D eigenvalue weighted by Crippen LogP contribution is 2.30. The zero-order valence-electron chi connectivity index (χ0n) is 9.81. The van der Waals surface area contributed by atoms with Crippen LogP contribution in [0.3, 0.4) is 0 Å². The van der Waals surface area contributed by atoms with Crippen molar-refractivity contribution in [3.63, 3.8) is 0 Å². The molecule has 1 aromatic rings. The van der Waals surface area contributed by atoms with E-state index in [1.54, 1.807) is 13.0 Å². The van der Waals surface area contributed by atoms with Crippen molar-refractivity contribution in [1.82, 2.24) is 5.32 Å². The lowest BCUT2D eigenvalue weighted by Crippen LogP contribution is -2.28. The molecule has 0 aliphatic heterocycles. The minimum absolute atomic E-state index is 0.0165. The molecule has 0 bridgehead atoms. The Labute approximate surface area is 94.6 Å². The van der Waals surface area contributed by atoms with Crippen molar-refractivity contribution in [2.24, 2.45) is 0 Å². The highest BCUT2D eigenvalue weighted by molar-refractivity contribution is 5.38. The van der Waals surface area contributed by atoms with Crippen LogP contribution < -0.4 is 10.1 Å². The molecular formula is C12H17F2NO. The summed E-state index contributed by atoms with van der Waals surface area (Å²) >= 11 is 0. The fourth-order valence-corrected chi connectivity index (χ4v) is 1.52. The third-order valence-electron chi connectivity index (χ3n) is 2.30. The molecule has 4 heteroatoms. The average Bonchev–Trinajstić information content (AvgIpc) is 2.21. The number of alkyl halides is 2. The number of aryl methyl sites for hydroxylation is 1. The van der Waals surface area contributed by atoms with Gasteiger partial charge in [-0.3, -0.25) is 0 Å². The van der Waals surface area contributed by atoms with Gasteiger partial charge in [0.25, 0.3) is 5.92 Å². The molecule has 90 valence electrons. The van der Waals surface area contributed by atoms with E-state index < -0.39 is 5.92 Å². The Morgan fingerprint density at radius 1 is 1.38 bits per heavy atom. The summed E-state index contributed by atoms with van der Waals surface area (Å²) in [5, 5.41) is 2.48. The maximum atomic E-state index is 13.6. The quantitative estimate of drug-likeness (QED) is 0.838. The van der Waals surface area contributed by atoms with E-state index in [0.29, 0.717) is 12.4 Å². The Hall–Kier alpha value is -1.16. The lowest BCUT2D eigenvalue weighted by molar-refractivity contribution is -0.00134. The van der Waals surface area contributed by atoms with Gasteiger partial charge in [0.1, 0.15) is 5.75 Å². The van der Waals surface area contributed by atoms with Crippen LogP contribution >= 0.6 is 0 Å². The Morgan fingerprint density at radius 2 is 2.06 bits per heavy atom. The second kappa shape index (κ2) is 5.25. The van der Waals surface area contributed by atoms with Gasteiger partial charge in [-0.1, -0.05) is 0 Å². The number of hydrogen-bond acceptors (Lipinski definition) is 2. The molecule has 0 fully saturated rings. The maximum Gasteiger partial charge on any atom is 0.285 e. The molecule has 0 saturated carbocycles. The van der Waals surface area contributed by atoms with E-state index in [9.17, 15) is 8.78 Å². The summed E-state index contributed by atoms with van der Waals surface area (Å²) in [6, 6.07) is 4.48. The minimum atomic E-state index is -2.84. The molecule has 0 atom stereocenters. The molecule has 0 aliphatic rings. The third-order valence-corrected chi connectivity index (χ3v) is 2.30. The van der Waals surface area contributed by atoms with E-state index >= 15 is 0 Å². The Balaban J connectivity index is 2.96. The summed E-state index contributed by atoms with van der Waals surface area (Å²) in [6.07, 6.45) is 0. The van der Waals surface area contributed by atoms with Crippen molar-refractivity contribution in [2.45, 2.75) is 19.8 Å². The van der Waals surface area contributed by atoms with Crippen molar-refractivity contribution in [2.75, 3.05) is 20.2 Å². The molecule has 0 aromatic heterocycles. The van der Waals surface area contributed by atoms with Crippen LogP contribution in [0.1, 0.15) is 18.1 Å². The van der Waals surface area contributed by atoms with E-state index in [2.05, 4.69) is 5.32 Å². The molecule has 1 N–H and O–H groups in total. The lowest BCUT2D eigenvalue weighted by atomic mass is 10.0. The smallest absolute Gasteiger partial charge is 0.285 e. The maximum absolute atomic E-state index is 13.6. The first-order valence-electron chi connectivity index (χ1n) is 5.27. The van der Waals surface area contributed by atoms with E-state index in [0.717, 1.165) is 5.56 Å². The Kier molecular flexibility index (Phi) is 4.24.